The summed E-state index contributed by atoms with van der Waals surface area (Å²) in [4.78, 5) is 0. The highest BCUT2D eigenvalue weighted by Gasteiger charge is 2.18. The largest absolute Gasteiger partial charge is 0.457 e. The Morgan fingerprint density at radius 1 is 0.325 bits per heavy atom. The maximum absolute atomic E-state index is 6.13. The Labute approximate surface area is 223 Å². The van der Waals surface area contributed by atoms with Gasteiger partial charge in [-0.15, -0.1) is 0 Å². The fourth-order valence-electron chi connectivity index (χ4n) is 5.88. The van der Waals surface area contributed by atoms with Gasteiger partial charge in [0.1, 0.15) is 11.5 Å². The summed E-state index contributed by atoms with van der Waals surface area (Å²) in [6, 6.07) is 29.1. The Hall–Kier alpha value is -5.62. The van der Waals surface area contributed by atoms with Crippen molar-refractivity contribution in [2.24, 2.45) is 0 Å². The predicted octanol–water partition coefficient (Wildman–Crippen LogP) is 10.7. The minimum absolute atomic E-state index is 0.636. The Morgan fingerprint density at radius 3 is 1.27 bits per heavy atom. The number of benzene rings is 4. The van der Waals surface area contributed by atoms with E-state index in [1.807, 2.05) is 12.1 Å². The fraction of sp³-hybridized carbons (Fsp3) is 0. The minimum atomic E-state index is 0.636. The van der Waals surface area contributed by atoms with Crippen molar-refractivity contribution >= 4 is 77.0 Å². The summed E-state index contributed by atoms with van der Waals surface area (Å²) in [5, 5.41) is 6.94. The second kappa shape index (κ2) is 7.07. The third kappa shape index (κ3) is 2.71. The quantitative estimate of drug-likeness (QED) is 0.211. The van der Waals surface area contributed by atoms with E-state index in [4.69, 9.17) is 26.5 Å². The molecule has 0 aliphatic carbocycles. The number of rotatable bonds is 2. The molecular weight excluding hydrogens is 504 g/mol. The van der Waals surface area contributed by atoms with Crippen LogP contribution in [-0.4, -0.2) is 0 Å². The smallest absolute Gasteiger partial charge is 0.216 e. The van der Waals surface area contributed by atoms with Crippen molar-refractivity contribution in [1.29, 1.82) is 0 Å². The van der Waals surface area contributed by atoms with Crippen LogP contribution < -0.4 is 0 Å². The molecule has 0 N–H and O–H groups in total. The van der Waals surface area contributed by atoms with Gasteiger partial charge < -0.3 is 26.5 Å². The zero-order valence-corrected chi connectivity index (χ0v) is 20.7. The van der Waals surface area contributed by atoms with E-state index in [1.54, 1.807) is 24.7 Å². The molecule has 188 valence electrons. The Morgan fingerprint density at radius 2 is 0.775 bits per heavy atom. The van der Waals surface area contributed by atoms with Gasteiger partial charge in [-0.2, -0.15) is 0 Å². The van der Waals surface area contributed by atoms with Gasteiger partial charge >= 0.3 is 0 Å². The molecule has 6 heteroatoms. The van der Waals surface area contributed by atoms with Gasteiger partial charge in [0.25, 0.3) is 0 Å². The average Bonchev–Trinajstić information content (AvgIpc) is 3.78. The monoisotopic (exact) mass is 520 g/mol. The van der Waals surface area contributed by atoms with Crippen molar-refractivity contribution in [3.05, 3.63) is 97.5 Å². The first-order valence-electron chi connectivity index (χ1n) is 12.9. The van der Waals surface area contributed by atoms with Crippen LogP contribution in [0.25, 0.3) is 99.6 Å². The summed E-state index contributed by atoms with van der Waals surface area (Å²) in [5.41, 5.74) is 7.28. The van der Waals surface area contributed by atoms with Gasteiger partial charge in [0, 0.05) is 35.4 Å². The number of hydrogen-bond donors (Lipinski definition) is 0. The lowest BCUT2D eigenvalue weighted by Gasteiger charge is -2.08. The second-order valence-corrected chi connectivity index (χ2v) is 10.2. The highest BCUT2D eigenvalue weighted by atomic mass is 16.4. The van der Waals surface area contributed by atoms with Crippen LogP contribution in [0, 0.1) is 0 Å². The van der Waals surface area contributed by atoms with Crippen molar-refractivity contribution in [3.63, 3.8) is 0 Å². The van der Waals surface area contributed by atoms with Gasteiger partial charge in [-0.25, -0.2) is 0 Å². The van der Waals surface area contributed by atoms with Crippen LogP contribution in [-0.2, 0) is 0 Å². The van der Waals surface area contributed by atoms with Crippen LogP contribution in [0.2, 0.25) is 0 Å². The van der Waals surface area contributed by atoms with Gasteiger partial charge in [-0.3, -0.25) is 0 Å². The molecule has 0 aliphatic rings. The van der Waals surface area contributed by atoms with E-state index in [1.165, 1.54) is 10.8 Å². The number of hydrogen-bond acceptors (Lipinski definition) is 6. The molecule has 4 aromatic carbocycles. The highest BCUT2D eigenvalue weighted by molar-refractivity contribution is 6.07. The van der Waals surface area contributed by atoms with E-state index >= 15 is 0 Å². The fourth-order valence-corrected chi connectivity index (χ4v) is 5.88. The van der Waals surface area contributed by atoms with E-state index in [-0.39, 0.29) is 0 Å². The molecule has 0 atom stereocenters. The van der Waals surface area contributed by atoms with Gasteiger partial charge in [0.05, 0.1) is 12.5 Å². The molecule has 0 amide bonds. The van der Waals surface area contributed by atoms with Crippen molar-refractivity contribution in [3.8, 4) is 22.6 Å². The van der Waals surface area contributed by atoms with E-state index in [2.05, 4.69) is 60.7 Å². The van der Waals surface area contributed by atoms with E-state index in [0.29, 0.717) is 44.7 Å². The first-order chi connectivity index (χ1) is 19.7. The van der Waals surface area contributed by atoms with Crippen molar-refractivity contribution in [2.75, 3.05) is 0 Å². The van der Waals surface area contributed by atoms with Crippen molar-refractivity contribution in [2.45, 2.75) is 0 Å². The van der Waals surface area contributed by atoms with E-state index in [0.717, 1.165) is 44.2 Å². The molecule has 0 unspecified atom stereocenters. The average molecular weight is 520 g/mol. The first kappa shape index (κ1) is 20.4. The van der Waals surface area contributed by atoms with Crippen LogP contribution >= 0.6 is 0 Å². The predicted molar refractivity (Wildman–Crippen MR) is 153 cm³/mol. The van der Waals surface area contributed by atoms with Crippen molar-refractivity contribution < 1.29 is 26.5 Å². The lowest BCUT2D eigenvalue weighted by atomic mass is 9.97. The Bertz CT molecular complexity index is 2430. The summed E-state index contributed by atoms with van der Waals surface area (Å²) < 4.78 is 35.0. The van der Waals surface area contributed by atoms with Crippen molar-refractivity contribution in [1.82, 2.24) is 0 Å². The first-order valence-corrected chi connectivity index (χ1v) is 12.9. The zero-order valence-electron chi connectivity index (χ0n) is 20.7. The topological polar surface area (TPSA) is 78.8 Å². The third-order valence-corrected chi connectivity index (χ3v) is 7.83. The molecule has 0 spiro atoms. The molecule has 6 nitrogen and oxygen atoms in total. The molecule has 0 saturated heterocycles. The summed E-state index contributed by atoms with van der Waals surface area (Å²) in [5.74, 6) is 1.50. The standard InChI is InChI=1S/C34H16O6/c1-3-19(27-15-29-33(39-27)31-25(37-29)5-7-35-31)11-21-13-24-10-18-2-4-20(12-22(18)14-23(24)9-17(1)21)28-16-30-34(40-28)32-26(38-30)6-8-36-32/h1-16H. The van der Waals surface area contributed by atoms with E-state index < -0.39 is 0 Å². The van der Waals surface area contributed by atoms with Crippen LogP contribution in [0.4, 0.5) is 0 Å². The zero-order chi connectivity index (χ0) is 25.9. The molecule has 0 saturated carbocycles. The summed E-state index contributed by atoms with van der Waals surface area (Å²) in [7, 11) is 0. The Balaban J connectivity index is 1.07. The van der Waals surface area contributed by atoms with Crippen LogP contribution in [0.15, 0.2) is 124 Å². The molecule has 0 radical (unpaired) electrons. The molecule has 6 heterocycles. The summed E-state index contributed by atoms with van der Waals surface area (Å²) in [6.45, 7) is 0. The molecule has 40 heavy (non-hydrogen) atoms. The number of furan rings is 6. The van der Waals surface area contributed by atoms with Gasteiger partial charge in [0.2, 0.25) is 22.3 Å². The Kier molecular flexibility index (Phi) is 3.60. The van der Waals surface area contributed by atoms with E-state index in [9.17, 15) is 0 Å². The van der Waals surface area contributed by atoms with Gasteiger partial charge in [-0.1, -0.05) is 24.3 Å². The molecule has 0 bridgehead atoms. The molecule has 10 rings (SSSR count). The van der Waals surface area contributed by atoms with Crippen LogP contribution in [0.3, 0.4) is 0 Å². The third-order valence-electron chi connectivity index (χ3n) is 7.83. The minimum Gasteiger partial charge on any atom is -0.457 e. The normalized spacial score (nSPS) is 12.5. The summed E-state index contributed by atoms with van der Waals surface area (Å²) in [6.07, 6.45) is 3.21. The molecule has 6 aromatic heterocycles. The lowest BCUT2D eigenvalue weighted by molar-refractivity contribution is 0.590. The molecular formula is C34H16O6. The van der Waals surface area contributed by atoms with Crippen LogP contribution in [0.5, 0.6) is 0 Å². The SMILES string of the molecule is c1cc2oc3cc(-c4ccc5cc6cc7cc(-c8cc9oc%10ccoc%10c9o8)ccc7cc6cc5c4)oc3c2o1. The highest BCUT2D eigenvalue weighted by Crippen LogP contribution is 2.39. The second-order valence-electron chi connectivity index (χ2n) is 10.2. The molecule has 0 aliphatic heterocycles. The van der Waals surface area contributed by atoms with Gasteiger partial charge in [0.15, 0.2) is 22.3 Å². The molecule has 0 fully saturated rings. The summed E-state index contributed by atoms with van der Waals surface area (Å²) >= 11 is 0. The van der Waals surface area contributed by atoms with Crippen LogP contribution in [0.1, 0.15) is 0 Å². The molecule has 10 aromatic rings. The maximum Gasteiger partial charge on any atom is 0.216 e. The number of fused-ring (bicyclic) bond motifs is 9. The van der Waals surface area contributed by atoms with Gasteiger partial charge in [-0.05, 0) is 68.7 Å². The lowest BCUT2D eigenvalue weighted by Crippen LogP contribution is -1.82. The maximum atomic E-state index is 6.13.